The summed E-state index contributed by atoms with van der Waals surface area (Å²) in [5, 5.41) is 15.4. The van der Waals surface area contributed by atoms with Gasteiger partial charge < -0.3 is 20.5 Å². The number of ether oxygens (including phenoxy) is 1. The minimum absolute atomic E-state index is 0.0546. The van der Waals surface area contributed by atoms with Gasteiger partial charge in [-0.1, -0.05) is 13.8 Å². The number of amides is 2. The summed E-state index contributed by atoms with van der Waals surface area (Å²) in [6.45, 7) is 8.33. The molecule has 0 radical (unpaired) electrons. The lowest BCUT2D eigenvalue weighted by Crippen LogP contribution is -2.49. The Kier molecular flexibility index (Phi) is 7.15. The minimum atomic E-state index is -0.882. The van der Waals surface area contributed by atoms with E-state index < -0.39 is 5.60 Å². The lowest BCUT2D eigenvalue weighted by atomic mass is 9.93. The van der Waals surface area contributed by atoms with Gasteiger partial charge in [-0.05, 0) is 26.2 Å². The number of aliphatic hydroxyl groups is 1. The number of carbonyl (C=O) groups excluding carboxylic acids is 1. The second-order valence-corrected chi connectivity index (χ2v) is 5.02. The lowest BCUT2D eigenvalue weighted by Gasteiger charge is -2.28. The topological polar surface area (TPSA) is 70.6 Å². The fourth-order valence-electron chi connectivity index (χ4n) is 1.10. The molecule has 17 heavy (non-hydrogen) atoms. The third kappa shape index (κ3) is 7.18. The lowest BCUT2D eigenvalue weighted by molar-refractivity contribution is 0.0165. The molecule has 2 amide bonds. The van der Waals surface area contributed by atoms with Crippen molar-refractivity contribution in [3.63, 3.8) is 0 Å². The first-order valence-electron chi connectivity index (χ1n) is 6.05. The first kappa shape index (κ1) is 16.2. The molecule has 5 heteroatoms. The van der Waals surface area contributed by atoms with Crippen molar-refractivity contribution in [2.75, 3.05) is 20.3 Å². The van der Waals surface area contributed by atoms with Gasteiger partial charge in [0.05, 0.1) is 5.60 Å². The Bertz CT molecular complexity index is 230. The quantitative estimate of drug-likeness (QED) is 0.630. The van der Waals surface area contributed by atoms with E-state index in [0.29, 0.717) is 6.61 Å². The van der Waals surface area contributed by atoms with Crippen LogP contribution >= 0.6 is 0 Å². The van der Waals surface area contributed by atoms with Crippen LogP contribution in [0.3, 0.4) is 0 Å². The number of rotatable bonds is 7. The number of carbonyl (C=O) groups is 1. The highest BCUT2D eigenvalue weighted by Gasteiger charge is 2.25. The highest BCUT2D eigenvalue weighted by Crippen LogP contribution is 2.14. The molecule has 0 saturated carbocycles. The van der Waals surface area contributed by atoms with E-state index >= 15 is 0 Å². The van der Waals surface area contributed by atoms with Crippen molar-refractivity contribution in [2.45, 2.75) is 45.8 Å². The van der Waals surface area contributed by atoms with Crippen LogP contribution in [-0.4, -0.2) is 43.0 Å². The molecule has 0 aliphatic rings. The van der Waals surface area contributed by atoms with Gasteiger partial charge in [-0.25, -0.2) is 4.79 Å². The number of methoxy groups -OCH3 is 1. The summed E-state index contributed by atoms with van der Waals surface area (Å²) in [6.07, 6.45) is 0.768. The van der Waals surface area contributed by atoms with E-state index in [1.807, 2.05) is 20.8 Å². The van der Waals surface area contributed by atoms with Crippen LogP contribution < -0.4 is 10.6 Å². The number of nitrogens with one attached hydrogen (secondary N) is 2. The molecule has 3 N–H and O–H groups in total. The Morgan fingerprint density at radius 3 is 2.47 bits per heavy atom. The van der Waals surface area contributed by atoms with E-state index in [9.17, 15) is 9.90 Å². The van der Waals surface area contributed by atoms with Gasteiger partial charge in [-0.15, -0.1) is 0 Å². The van der Waals surface area contributed by atoms with Crippen LogP contribution in [0.5, 0.6) is 0 Å². The Hall–Kier alpha value is -0.810. The maximum atomic E-state index is 11.5. The zero-order valence-corrected chi connectivity index (χ0v) is 11.5. The van der Waals surface area contributed by atoms with Crippen LogP contribution in [0.15, 0.2) is 0 Å². The zero-order chi connectivity index (χ0) is 13.5. The highest BCUT2D eigenvalue weighted by molar-refractivity contribution is 5.74. The number of hydrogen-bond acceptors (Lipinski definition) is 3. The van der Waals surface area contributed by atoms with Crippen LogP contribution in [0.25, 0.3) is 0 Å². The first-order chi connectivity index (χ1) is 7.79. The summed E-state index contributed by atoms with van der Waals surface area (Å²) < 4.78 is 4.93. The van der Waals surface area contributed by atoms with Gasteiger partial charge in [0.1, 0.15) is 0 Å². The van der Waals surface area contributed by atoms with E-state index in [1.54, 1.807) is 14.0 Å². The molecular weight excluding hydrogens is 220 g/mol. The van der Waals surface area contributed by atoms with Gasteiger partial charge >= 0.3 is 6.03 Å². The summed E-state index contributed by atoms with van der Waals surface area (Å²) in [5.74, 6) is 0.0914. The van der Waals surface area contributed by atoms with Crippen molar-refractivity contribution in [2.24, 2.45) is 5.92 Å². The van der Waals surface area contributed by atoms with E-state index in [-0.39, 0.29) is 24.5 Å². The Morgan fingerprint density at radius 2 is 2.00 bits per heavy atom. The number of urea groups is 1. The average Bonchev–Trinajstić information content (AvgIpc) is 2.23. The second kappa shape index (κ2) is 7.50. The summed E-state index contributed by atoms with van der Waals surface area (Å²) in [5.41, 5.74) is -0.882. The van der Waals surface area contributed by atoms with Crippen molar-refractivity contribution in [3.8, 4) is 0 Å². The van der Waals surface area contributed by atoms with Gasteiger partial charge in [-0.3, -0.25) is 0 Å². The third-order valence-electron chi connectivity index (χ3n) is 2.98. The Labute approximate surface area is 104 Å². The Morgan fingerprint density at radius 1 is 1.41 bits per heavy atom. The molecule has 2 unspecified atom stereocenters. The van der Waals surface area contributed by atoms with Crippen molar-refractivity contribution >= 4 is 6.03 Å². The standard InChI is InChI=1S/C12H26N2O3/c1-9(2)12(4,16)8-13-11(15)14-10(3)6-7-17-5/h9-10,16H,6-8H2,1-5H3,(H2,13,14,15). The SMILES string of the molecule is COCCC(C)NC(=O)NCC(C)(O)C(C)C. The summed E-state index contributed by atoms with van der Waals surface area (Å²) in [4.78, 5) is 11.5. The van der Waals surface area contributed by atoms with Crippen LogP contribution in [0.1, 0.15) is 34.1 Å². The maximum Gasteiger partial charge on any atom is 0.315 e. The molecule has 0 aliphatic carbocycles. The zero-order valence-electron chi connectivity index (χ0n) is 11.5. The van der Waals surface area contributed by atoms with Gasteiger partial charge in [0.25, 0.3) is 0 Å². The van der Waals surface area contributed by atoms with Crippen molar-refractivity contribution in [1.82, 2.24) is 10.6 Å². The molecule has 0 fully saturated rings. The molecule has 0 spiro atoms. The fourth-order valence-corrected chi connectivity index (χ4v) is 1.10. The minimum Gasteiger partial charge on any atom is -0.388 e. The predicted octanol–water partition coefficient (Wildman–Crippen LogP) is 1.12. The highest BCUT2D eigenvalue weighted by atomic mass is 16.5. The molecule has 2 atom stereocenters. The molecule has 0 rings (SSSR count). The molecular formula is C12H26N2O3. The van der Waals surface area contributed by atoms with Gasteiger partial charge in [0, 0.05) is 26.3 Å². The molecule has 0 saturated heterocycles. The maximum absolute atomic E-state index is 11.5. The second-order valence-electron chi connectivity index (χ2n) is 5.02. The fraction of sp³-hybridized carbons (Fsp3) is 0.917. The van der Waals surface area contributed by atoms with Gasteiger partial charge in [-0.2, -0.15) is 0 Å². The van der Waals surface area contributed by atoms with Crippen molar-refractivity contribution in [3.05, 3.63) is 0 Å². The molecule has 0 aromatic rings. The normalized spacial score (nSPS) is 16.4. The smallest absolute Gasteiger partial charge is 0.315 e. The van der Waals surface area contributed by atoms with Crippen molar-refractivity contribution < 1.29 is 14.6 Å². The summed E-state index contributed by atoms with van der Waals surface area (Å²) >= 11 is 0. The molecule has 0 aliphatic heterocycles. The monoisotopic (exact) mass is 246 g/mol. The molecule has 0 aromatic carbocycles. The van der Waals surface area contributed by atoms with E-state index in [4.69, 9.17) is 4.74 Å². The van der Waals surface area contributed by atoms with E-state index in [0.717, 1.165) is 6.42 Å². The van der Waals surface area contributed by atoms with E-state index in [2.05, 4.69) is 10.6 Å². The van der Waals surface area contributed by atoms with Gasteiger partial charge in [0.15, 0.2) is 0 Å². The Balaban J connectivity index is 3.87. The average molecular weight is 246 g/mol. The van der Waals surface area contributed by atoms with Crippen LogP contribution in [0, 0.1) is 5.92 Å². The van der Waals surface area contributed by atoms with Crippen LogP contribution in [0.4, 0.5) is 4.79 Å². The molecule has 0 aromatic heterocycles. The molecule has 5 nitrogen and oxygen atoms in total. The largest absolute Gasteiger partial charge is 0.388 e. The third-order valence-corrected chi connectivity index (χ3v) is 2.98. The van der Waals surface area contributed by atoms with Crippen LogP contribution in [-0.2, 0) is 4.74 Å². The molecule has 0 bridgehead atoms. The number of hydrogen-bond donors (Lipinski definition) is 3. The van der Waals surface area contributed by atoms with Gasteiger partial charge in [0.2, 0.25) is 0 Å². The predicted molar refractivity (Wildman–Crippen MR) is 68.0 cm³/mol. The molecule has 102 valence electrons. The molecule has 0 heterocycles. The van der Waals surface area contributed by atoms with E-state index in [1.165, 1.54) is 0 Å². The first-order valence-corrected chi connectivity index (χ1v) is 6.05. The van der Waals surface area contributed by atoms with Crippen LogP contribution in [0.2, 0.25) is 0 Å². The van der Waals surface area contributed by atoms with Crippen molar-refractivity contribution in [1.29, 1.82) is 0 Å². The summed E-state index contributed by atoms with van der Waals surface area (Å²) in [6, 6.07) is -0.200. The summed E-state index contributed by atoms with van der Waals surface area (Å²) in [7, 11) is 1.63.